The van der Waals surface area contributed by atoms with Crippen LogP contribution in [0.2, 0.25) is 0 Å². The van der Waals surface area contributed by atoms with Crippen molar-refractivity contribution in [2.45, 2.75) is 6.92 Å². The molecule has 1 aromatic carbocycles. The largest absolute Gasteiger partial charge is 0.870 e. The molecule has 0 saturated heterocycles. The van der Waals surface area contributed by atoms with Gasteiger partial charge in [-0.05, 0) is 24.7 Å². The van der Waals surface area contributed by atoms with Crippen LogP contribution in [0.25, 0.3) is 0 Å². The van der Waals surface area contributed by atoms with Crippen LogP contribution in [-0.4, -0.2) is 33.1 Å². The number of nitrogens with one attached hydrogen (secondary N) is 1. The van der Waals surface area contributed by atoms with Crippen molar-refractivity contribution in [3.05, 3.63) is 48.6 Å². The summed E-state index contributed by atoms with van der Waals surface area (Å²) >= 11 is 4.88. The van der Waals surface area contributed by atoms with Crippen molar-refractivity contribution in [3.8, 4) is 11.5 Å². The second kappa shape index (κ2) is 6.36. The van der Waals surface area contributed by atoms with E-state index in [1.165, 1.54) is 14.0 Å². The van der Waals surface area contributed by atoms with Crippen LogP contribution in [-0.2, 0) is 0 Å². The Kier molecular flexibility index (Phi) is 4.50. The van der Waals surface area contributed by atoms with Crippen LogP contribution in [0.15, 0.2) is 22.0 Å². The maximum absolute atomic E-state index is 12.1. The van der Waals surface area contributed by atoms with Gasteiger partial charge in [0.1, 0.15) is 11.4 Å². The molecule has 0 aliphatic rings. The van der Waals surface area contributed by atoms with Gasteiger partial charge in [0.05, 0.1) is 24.3 Å². The first-order valence-electron chi connectivity index (χ1n) is 6.11. The summed E-state index contributed by atoms with van der Waals surface area (Å²) in [4.78, 5) is 22.1. The molecule has 23 heavy (non-hydrogen) atoms. The molecule has 0 fully saturated rings. The number of non-ortho nitro benzene ring substituents is 1. The van der Waals surface area contributed by atoms with Gasteiger partial charge >= 0.3 is 0 Å². The molecule has 1 aromatic heterocycles. The van der Waals surface area contributed by atoms with Crippen molar-refractivity contribution in [1.82, 2.24) is 14.9 Å². The highest BCUT2D eigenvalue weighted by Gasteiger charge is 2.11. The highest BCUT2D eigenvalue weighted by molar-refractivity contribution is 7.71. The van der Waals surface area contributed by atoms with Crippen LogP contribution in [0.3, 0.4) is 0 Å². The summed E-state index contributed by atoms with van der Waals surface area (Å²) in [7, 11) is 1.22. The fourth-order valence-electron chi connectivity index (χ4n) is 1.66. The molecule has 1 N–H and O–H groups in total. The van der Waals surface area contributed by atoms with Gasteiger partial charge in [-0.1, -0.05) is 5.75 Å². The molecule has 0 bridgehead atoms. The molecular formula is C12H10N5O5S-. The zero-order valence-corrected chi connectivity index (χ0v) is 12.8. The van der Waals surface area contributed by atoms with Gasteiger partial charge in [-0.2, -0.15) is 14.9 Å². The number of nitrogens with zero attached hydrogens (tertiary/aromatic N) is 4. The molecule has 2 aromatic rings. The Morgan fingerprint density at radius 3 is 2.83 bits per heavy atom. The van der Waals surface area contributed by atoms with Crippen molar-refractivity contribution in [2.75, 3.05) is 7.11 Å². The number of hydrogen-bond donors (Lipinski definition) is 1. The van der Waals surface area contributed by atoms with Crippen molar-refractivity contribution < 1.29 is 14.8 Å². The average molecular weight is 336 g/mol. The molecule has 0 spiro atoms. The third-order valence-electron chi connectivity index (χ3n) is 2.82. The van der Waals surface area contributed by atoms with Crippen molar-refractivity contribution in [3.63, 3.8) is 0 Å². The Morgan fingerprint density at radius 2 is 2.22 bits per heavy atom. The van der Waals surface area contributed by atoms with E-state index in [0.29, 0.717) is 0 Å². The van der Waals surface area contributed by atoms with E-state index in [0.717, 1.165) is 23.0 Å². The van der Waals surface area contributed by atoms with E-state index in [4.69, 9.17) is 17.0 Å². The topological polar surface area (TPSA) is 138 Å². The van der Waals surface area contributed by atoms with Gasteiger partial charge in [0.25, 0.3) is 11.2 Å². The Morgan fingerprint density at radius 1 is 1.52 bits per heavy atom. The second-order valence-corrected chi connectivity index (χ2v) is 4.69. The van der Waals surface area contributed by atoms with E-state index < -0.39 is 16.2 Å². The third-order valence-corrected chi connectivity index (χ3v) is 3.09. The number of aromatic nitrogens is 3. The minimum Gasteiger partial charge on any atom is -0.870 e. The number of aryl methyl sites for hydroxylation is 1. The summed E-state index contributed by atoms with van der Waals surface area (Å²) in [5, 5.41) is 32.8. The summed E-state index contributed by atoms with van der Waals surface area (Å²) in [5.74, 6) is -0.806. The number of aromatic amines is 1. The number of methoxy groups -OCH3 is 1. The highest BCUT2D eigenvalue weighted by atomic mass is 32.1. The molecule has 120 valence electrons. The van der Waals surface area contributed by atoms with E-state index in [1.54, 1.807) is 0 Å². The maximum Gasteiger partial charge on any atom is 0.296 e. The quantitative estimate of drug-likeness (QED) is 0.371. The Hall–Kier alpha value is -3.08. The number of ether oxygens (including phenoxy) is 1. The summed E-state index contributed by atoms with van der Waals surface area (Å²) < 4.78 is 5.55. The van der Waals surface area contributed by atoms with Crippen molar-refractivity contribution in [1.29, 1.82) is 0 Å². The number of rotatable bonds is 4. The first-order valence-corrected chi connectivity index (χ1v) is 6.52. The summed E-state index contributed by atoms with van der Waals surface area (Å²) in [5.41, 5.74) is -0.914. The Bertz CT molecular complexity index is 917. The van der Waals surface area contributed by atoms with E-state index in [1.807, 2.05) is 0 Å². The molecule has 2 rings (SSSR count). The predicted octanol–water partition coefficient (Wildman–Crippen LogP) is 0.482. The molecule has 0 radical (unpaired) electrons. The number of nitro benzene ring substituents is 1. The third kappa shape index (κ3) is 3.23. The normalized spacial score (nSPS) is 10.9. The van der Waals surface area contributed by atoms with Crippen LogP contribution < -0.4 is 15.4 Å². The second-order valence-electron chi connectivity index (χ2n) is 4.30. The summed E-state index contributed by atoms with van der Waals surface area (Å²) in [6.07, 6.45) is 1.00. The average Bonchev–Trinajstić information content (AvgIpc) is 2.52. The fraction of sp³-hybridized carbons (Fsp3) is 0.167. The van der Waals surface area contributed by atoms with Crippen LogP contribution in [0.4, 0.5) is 5.69 Å². The Balaban J connectivity index is 2.58. The standard InChI is InChI=1S/C12H11N5O5S/c1-6-11(19)16(12(23)15-14-6)13-5-7-3-8(17(20)21)4-9(22-2)10(7)18/h3-5,18H,1-2H3,(H,15,23)/p-1/b13-5-. The molecule has 11 heteroatoms. The summed E-state index contributed by atoms with van der Waals surface area (Å²) in [6.45, 7) is 1.45. The van der Waals surface area contributed by atoms with Crippen LogP contribution in [0, 0.1) is 21.8 Å². The molecule has 0 amide bonds. The van der Waals surface area contributed by atoms with Crippen molar-refractivity contribution >= 4 is 24.1 Å². The lowest BCUT2D eigenvalue weighted by Gasteiger charge is -2.14. The van der Waals surface area contributed by atoms with Crippen LogP contribution >= 0.6 is 12.2 Å². The zero-order valence-electron chi connectivity index (χ0n) is 12.0. The van der Waals surface area contributed by atoms with Gasteiger partial charge < -0.3 is 9.84 Å². The van der Waals surface area contributed by atoms with E-state index in [-0.39, 0.29) is 27.5 Å². The van der Waals surface area contributed by atoms with Gasteiger partial charge in [0.2, 0.25) is 4.77 Å². The molecule has 0 aliphatic heterocycles. The SMILES string of the molecule is COc1cc([N+](=O)[O-])cc(/C=N\n2c(=S)[nH]nc(C)c2=O)c1[O-]. The minimum atomic E-state index is -0.672. The molecule has 0 atom stereocenters. The monoisotopic (exact) mass is 336 g/mol. The molecule has 0 unspecified atom stereocenters. The lowest BCUT2D eigenvalue weighted by molar-refractivity contribution is -0.385. The number of H-pyrrole nitrogens is 1. The molecule has 10 nitrogen and oxygen atoms in total. The summed E-state index contributed by atoms with van der Waals surface area (Å²) in [6, 6.07) is 2.04. The van der Waals surface area contributed by atoms with Gasteiger partial charge in [0.15, 0.2) is 0 Å². The van der Waals surface area contributed by atoms with Gasteiger partial charge in [-0.25, -0.2) is 0 Å². The minimum absolute atomic E-state index is 0.0818. The molecule has 0 saturated carbocycles. The number of hydrogen-bond acceptors (Lipinski definition) is 8. The Labute approximate surface area is 133 Å². The molecular weight excluding hydrogens is 326 g/mol. The van der Waals surface area contributed by atoms with Gasteiger partial charge in [0, 0.05) is 6.07 Å². The zero-order chi connectivity index (χ0) is 17.1. The van der Waals surface area contributed by atoms with Gasteiger partial charge in [-0.3, -0.25) is 20.0 Å². The van der Waals surface area contributed by atoms with Gasteiger partial charge in [-0.15, -0.1) is 0 Å². The fourth-order valence-corrected chi connectivity index (χ4v) is 1.83. The predicted molar refractivity (Wildman–Crippen MR) is 80.5 cm³/mol. The van der Waals surface area contributed by atoms with E-state index in [2.05, 4.69) is 15.3 Å². The smallest absolute Gasteiger partial charge is 0.296 e. The lowest BCUT2D eigenvalue weighted by Crippen LogP contribution is -2.22. The van der Waals surface area contributed by atoms with E-state index >= 15 is 0 Å². The van der Waals surface area contributed by atoms with Crippen LogP contribution in [0.1, 0.15) is 11.3 Å². The first-order chi connectivity index (χ1) is 10.8. The van der Waals surface area contributed by atoms with E-state index in [9.17, 15) is 20.0 Å². The number of benzene rings is 1. The number of nitro groups is 1. The highest BCUT2D eigenvalue weighted by Crippen LogP contribution is 2.31. The first kappa shape index (κ1) is 16.3. The lowest BCUT2D eigenvalue weighted by atomic mass is 10.2. The molecule has 1 heterocycles. The van der Waals surface area contributed by atoms with Crippen molar-refractivity contribution in [2.24, 2.45) is 5.10 Å². The molecule has 0 aliphatic carbocycles. The van der Waals surface area contributed by atoms with Crippen LogP contribution in [0.5, 0.6) is 11.5 Å². The maximum atomic E-state index is 12.1.